The number of nitrogens with zero attached hydrogens (tertiary/aromatic N) is 2. The Morgan fingerprint density at radius 2 is 1.92 bits per heavy atom. The molecule has 0 aromatic rings. The number of aliphatic hydroxyl groups excluding tert-OH is 1. The van der Waals surface area contributed by atoms with E-state index in [1.54, 1.807) is 17.1 Å². The number of rotatable bonds is 13. The fourth-order valence-electron chi connectivity index (χ4n) is 7.30. The summed E-state index contributed by atoms with van der Waals surface area (Å²) in [7, 11) is 0. The Balaban J connectivity index is 1.66. The number of likely N-dealkylation sites (tertiary alicyclic amines) is 1. The number of carbonyl (C=O) groups is 3. The second-order valence-corrected chi connectivity index (χ2v) is 11.4. The molecule has 4 aliphatic rings. The summed E-state index contributed by atoms with van der Waals surface area (Å²) in [6.07, 6.45) is 12.5. The van der Waals surface area contributed by atoms with Crippen LogP contribution < -0.4 is 0 Å². The van der Waals surface area contributed by atoms with Crippen molar-refractivity contribution < 1.29 is 29.0 Å². The van der Waals surface area contributed by atoms with E-state index in [2.05, 4.69) is 13.2 Å². The van der Waals surface area contributed by atoms with E-state index in [0.29, 0.717) is 45.2 Å². The molecule has 4 rings (SSSR count). The number of esters is 1. The van der Waals surface area contributed by atoms with Crippen molar-refractivity contribution in [1.82, 2.24) is 9.80 Å². The van der Waals surface area contributed by atoms with Crippen LogP contribution >= 0.6 is 0 Å². The van der Waals surface area contributed by atoms with Crippen LogP contribution in [-0.4, -0.2) is 82.3 Å². The molecule has 3 aliphatic heterocycles. The lowest BCUT2D eigenvalue weighted by atomic mass is 9.66. The van der Waals surface area contributed by atoms with Gasteiger partial charge in [-0.15, -0.1) is 13.2 Å². The molecule has 1 aliphatic carbocycles. The van der Waals surface area contributed by atoms with Gasteiger partial charge in [-0.25, -0.2) is 0 Å². The largest absolute Gasteiger partial charge is 0.465 e. The minimum Gasteiger partial charge on any atom is -0.465 e. The zero-order valence-electron chi connectivity index (χ0n) is 22.4. The number of hydrogen-bond donors (Lipinski definition) is 1. The molecule has 1 N–H and O–H groups in total. The third kappa shape index (κ3) is 4.99. The van der Waals surface area contributed by atoms with Crippen LogP contribution in [-0.2, 0) is 23.9 Å². The zero-order valence-corrected chi connectivity index (χ0v) is 22.4. The number of amides is 2. The molecule has 4 fully saturated rings. The Bertz CT molecular complexity index is 886. The molecule has 3 heterocycles. The Kier molecular flexibility index (Phi) is 8.79. The molecule has 8 nitrogen and oxygen atoms in total. The van der Waals surface area contributed by atoms with Gasteiger partial charge in [0.2, 0.25) is 11.8 Å². The van der Waals surface area contributed by atoms with Crippen LogP contribution in [0.25, 0.3) is 0 Å². The van der Waals surface area contributed by atoms with Gasteiger partial charge in [0.05, 0.1) is 18.1 Å². The number of fused-ring (bicyclic) bond motifs is 1. The standard InChI is InChI=1S/C29H44N2O6/c1-4-6-12-20-36-27(35)23-22-25(33)31(18-10-11-19-32)24(29(22)16-15-28(23,3)37-29)26(34)30(17-5-2)21-13-8-7-9-14-21/h4-5,21-24,32H,1-2,6-20H2,3H3/t22-,23-,24?,28+,29?/m0/s1. The van der Waals surface area contributed by atoms with Gasteiger partial charge in [-0.3, -0.25) is 14.4 Å². The summed E-state index contributed by atoms with van der Waals surface area (Å²) in [5.41, 5.74) is -1.87. The maximum atomic E-state index is 14.4. The summed E-state index contributed by atoms with van der Waals surface area (Å²) >= 11 is 0. The molecule has 1 saturated carbocycles. The highest BCUT2D eigenvalue weighted by molar-refractivity contribution is 5.98. The molecule has 37 heavy (non-hydrogen) atoms. The number of aliphatic hydroxyl groups is 1. The molecular weight excluding hydrogens is 472 g/mol. The van der Waals surface area contributed by atoms with Crippen molar-refractivity contribution >= 4 is 17.8 Å². The van der Waals surface area contributed by atoms with E-state index in [1.807, 2.05) is 11.8 Å². The summed E-state index contributed by atoms with van der Waals surface area (Å²) in [4.78, 5) is 45.4. The third-order valence-corrected chi connectivity index (χ3v) is 8.99. The van der Waals surface area contributed by atoms with Crippen LogP contribution in [0.4, 0.5) is 0 Å². The molecule has 2 amide bonds. The van der Waals surface area contributed by atoms with E-state index >= 15 is 0 Å². The topological polar surface area (TPSA) is 96.4 Å². The third-order valence-electron chi connectivity index (χ3n) is 8.99. The highest BCUT2D eigenvalue weighted by Crippen LogP contribution is 2.63. The zero-order chi connectivity index (χ0) is 26.6. The van der Waals surface area contributed by atoms with Crippen molar-refractivity contribution in [2.75, 3.05) is 26.3 Å². The van der Waals surface area contributed by atoms with E-state index in [1.165, 1.54) is 6.42 Å². The monoisotopic (exact) mass is 516 g/mol. The molecule has 2 unspecified atom stereocenters. The maximum absolute atomic E-state index is 14.4. The van der Waals surface area contributed by atoms with Crippen molar-refractivity contribution in [2.45, 2.75) is 101 Å². The van der Waals surface area contributed by atoms with Crippen LogP contribution in [0.5, 0.6) is 0 Å². The van der Waals surface area contributed by atoms with Crippen molar-refractivity contribution in [3.05, 3.63) is 25.3 Å². The Labute approximate surface area is 221 Å². The predicted octanol–water partition coefficient (Wildman–Crippen LogP) is 3.38. The SMILES string of the molecule is C=CCCCOC(=O)[C@@H]1[C@H]2C(=O)N(CCCCO)C(C(=O)N(CC=C)C3CCCCC3)C23CC[C@@]1(C)O3. The lowest BCUT2D eigenvalue weighted by Crippen LogP contribution is -2.58. The molecule has 3 saturated heterocycles. The first-order valence-corrected chi connectivity index (χ1v) is 14.1. The molecule has 5 atom stereocenters. The van der Waals surface area contributed by atoms with E-state index in [-0.39, 0.29) is 31.1 Å². The Morgan fingerprint density at radius 3 is 2.59 bits per heavy atom. The lowest BCUT2D eigenvalue weighted by molar-refractivity contribution is -0.160. The summed E-state index contributed by atoms with van der Waals surface area (Å²) < 4.78 is 12.3. The predicted molar refractivity (Wildman–Crippen MR) is 139 cm³/mol. The molecule has 2 bridgehead atoms. The van der Waals surface area contributed by atoms with Gasteiger partial charge in [0.25, 0.3) is 0 Å². The number of carbonyl (C=O) groups excluding carboxylic acids is 3. The minimum atomic E-state index is -1.04. The van der Waals surface area contributed by atoms with Gasteiger partial charge in [0.1, 0.15) is 17.6 Å². The van der Waals surface area contributed by atoms with E-state index in [0.717, 1.165) is 32.1 Å². The minimum absolute atomic E-state index is 0.0219. The molecule has 0 aromatic carbocycles. The summed E-state index contributed by atoms with van der Waals surface area (Å²) in [5.74, 6) is -2.19. The molecule has 206 valence electrons. The smallest absolute Gasteiger partial charge is 0.312 e. The van der Waals surface area contributed by atoms with Gasteiger partial charge < -0.3 is 24.4 Å². The van der Waals surface area contributed by atoms with Crippen molar-refractivity contribution in [2.24, 2.45) is 11.8 Å². The lowest BCUT2D eigenvalue weighted by Gasteiger charge is -2.40. The normalized spacial score (nSPS) is 32.9. The van der Waals surface area contributed by atoms with Gasteiger partial charge in [0.15, 0.2) is 0 Å². The first-order valence-electron chi connectivity index (χ1n) is 14.1. The van der Waals surface area contributed by atoms with Crippen molar-refractivity contribution in [3.8, 4) is 0 Å². The molecule has 8 heteroatoms. The van der Waals surface area contributed by atoms with Gasteiger partial charge in [0, 0.05) is 25.7 Å². The Morgan fingerprint density at radius 1 is 1.16 bits per heavy atom. The Hall–Kier alpha value is -2.19. The molecule has 0 aromatic heterocycles. The van der Waals surface area contributed by atoms with Crippen molar-refractivity contribution in [1.29, 1.82) is 0 Å². The summed E-state index contributed by atoms with van der Waals surface area (Å²) in [6, 6.07) is -0.671. The van der Waals surface area contributed by atoms with Crippen LogP contribution in [0, 0.1) is 11.8 Å². The second kappa shape index (κ2) is 11.7. The highest BCUT2D eigenvalue weighted by Gasteiger charge is 2.78. The van der Waals surface area contributed by atoms with Crippen LogP contribution in [0.1, 0.15) is 77.6 Å². The summed E-state index contributed by atoms with van der Waals surface area (Å²) in [5, 5.41) is 9.36. The second-order valence-electron chi connectivity index (χ2n) is 11.4. The van der Waals surface area contributed by atoms with Gasteiger partial charge in [-0.05, 0) is 58.3 Å². The number of hydrogen-bond acceptors (Lipinski definition) is 6. The van der Waals surface area contributed by atoms with Gasteiger partial charge in [-0.1, -0.05) is 31.4 Å². The quantitative estimate of drug-likeness (QED) is 0.229. The van der Waals surface area contributed by atoms with Crippen molar-refractivity contribution in [3.63, 3.8) is 0 Å². The van der Waals surface area contributed by atoms with Gasteiger partial charge >= 0.3 is 5.97 Å². The molecule has 0 radical (unpaired) electrons. The van der Waals surface area contributed by atoms with E-state index in [9.17, 15) is 19.5 Å². The van der Waals surface area contributed by atoms with Crippen LogP contribution in [0.15, 0.2) is 25.3 Å². The molecule has 1 spiro atoms. The molecular formula is C29H44N2O6. The average molecular weight is 517 g/mol. The summed E-state index contributed by atoms with van der Waals surface area (Å²) in [6.45, 7) is 10.6. The van der Waals surface area contributed by atoms with E-state index in [4.69, 9.17) is 9.47 Å². The number of allylic oxidation sites excluding steroid dienone is 1. The van der Waals surface area contributed by atoms with Crippen LogP contribution in [0.3, 0.4) is 0 Å². The number of unbranched alkanes of at least 4 members (excludes halogenated alkanes) is 2. The first kappa shape index (κ1) is 27.8. The van der Waals surface area contributed by atoms with Gasteiger partial charge in [-0.2, -0.15) is 0 Å². The first-order chi connectivity index (χ1) is 17.8. The highest BCUT2D eigenvalue weighted by atomic mass is 16.6. The average Bonchev–Trinajstić information content (AvgIpc) is 3.46. The maximum Gasteiger partial charge on any atom is 0.312 e. The number of ether oxygens (including phenoxy) is 2. The fourth-order valence-corrected chi connectivity index (χ4v) is 7.30. The van der Waals surface area contributed by atoms with E-state index < -0.39 is 35.0 Å². The fraction of sp³-hybridized carbons (Fsp3) is 0.759. The van der Waals surface area contributed by atoms with Crippen LogP contribution in [0.2, 0.25) is 0 Å².